The Morgan fingerprint density at radius 2 is 1.24 bits per heavy atom. The van der Waals surface area contributed by atoms with Crippen LogP contribution in [0.2, 0.25) is 0 Å². The molecular formula is C33H36O9. The van der Waals surface area contributed by atoms with Gasteiger partial charge in [-0.1, -0.05) is 91.0 Å². The van der Waals surface area contributed by atoms with Gasteiger partial charge in [-0.3, -0.25) is 9.59 Å². The minimum Gasteiger partial charge on any atom is -0.463 e. The summed E-state index contributed by atoms with van der Waals surface area (Å²) in [5.74, 6) is -0.964. The lowest BCUT2D eigenvalue weighted by Crippen LogP contribution is -2.63. The third kappa shape index (κ3) is 7.24. The Hall–Kier alpha value is -3.60. The van der Waals surface area contributed by atoms with E-state index in [-0.39, 0.29) is 26.4 Å². The smallest absolute Gasteiger partial charge is 0.303 e. The monoisotopic (exact) mass is 576 g/mol. The molecule has 3 aromatic rings. The Balaban J connectivity index is 1.50. The van der Waals surface area contributed by atoms with E-state index in [1.165, 1.54) is 13.8 Å². The molecule has 0 unspecified atom stereocenters. The van der Waals surface area contributed by atoms with E-state index in [4.69, 9.17) is 33.2 Å². The second-order valence-corrected chi connectivity index (χ2v) is 10.4. The number of hydrogen-bond donors (Lipinski definition) is 0. The van der Waals surface area contributed by atoms with Crippen LogP contribution in [0.5, 0.6) is 0 Å². The van der Waals surface area contributed by atoms with Gasteiger partial charge in [0.05, 0.1) is 26.4 Å². The Morgan fingerprint density at radius 1 is 0.714 bits per heavy atom. The summed E-state index contributed by atoms with van der Waals surface area (Å²) < 4.78 is 43.4. The summed E-state index contributed by atoms with van der Waals surface area (Å²) in [6.45, 7) is 3.36. The Morgan fingerprint density at radius 3 is 1.76 bits per heavy atom. The molecule has 9 heteroatoms. The summed E-state index contributed by atoms with van der Waals surface area (Å²) in [6.07, 6.45) is -4.31. The molecule has 2 saturated heterocycles. The maximum atomic E-state index is 12.3. The zero-order chi connectivity index (χ0) is 29.4. The Labute approximate surface area is 245 Å². The van der Waals surface area contributed by atoms with Crippen molar-refractivity contribution < 1.29 is 42.7 Å². The van der Waals surface area contributed by atoms with Crippen LogP contribution in [0, 0.1) is 0 Å². The first-order chi connectivity index (χ1) is 20.4. The van der Waals surface area contributed by atoms with Gasteiger partial charge in [0, 0.05) is 13.8 Å². The van der Waals surface area contributed by atoms with E-state index in [2.05, 4.69) is 0 Å². The maximum Gasteiger partial charge on any atom is 0.303 e. The minimum atomic E-state index is -1.27. The predicted molar refractivity (Wildman–Crippen MR) is 151 cm³/mol. The average Bonchev–Trinajstić information content (AvgIpc) is 3.23. The van der Waals surface area contributed by atoms with Crippen molar-refractivity contribution >= 4 is 11.9 Å². The Kier molecular flexibility index (Phi) is 9.99. The number of carbonyl (C=O) groups excluding carboxylic acids is 2. The molecule has 2 bridgehead atoms. The molecule has 9 nitrogen and oxygen atoms in total. The quantitative estimate of drug-likeness (QED) is 0.275. The number of rotatable bonds is 13. The molecule has 0 aromatic heterocycles. The number of esters is 2. The highest BCUT2D eigenvalue weighted by Crippen LogP contribution is 2.46. The molecular weight excluding hydrogens is 540 g/mol. The van der Waals surface area contributed by atoms with Crippen LogP contribution >= 0.6 is 0 Å². The van der Waals surface area contributed by atoms with Crippen LogP contribution in [0.25, 0.3) is 0 Å². The zero-order valence-corrected chi connectivity index (χ0v) is 23.8. The standard InChI is InChI=1S/C33H36O9/c1-23(34)37-21-28-30(38-19-26-14-8-4-9-15-26)33(22-36-18-25-12-6-3-7-13-25)31(39-20-27-16-10-5-11-17-27)29(40-24(2)35)32(41-28)42-33/h3-17,28-32H,18-22H2,1-2H3/t28-,29-,30-,31-,32-,33-/m1/s1. The lowest BCUT2D eigenvalue weighted by molar-refractivity contribution is -0.329. The van der Waals surface area contributed by atoms with Crippen molar-refractivity contribution in [3.05, 3.63) is 108 Å². The number of benzene rings is 3. The van der Waals surface area contributed by atoms with Crippen molar-refractivity contribution in [1.82, 2.24) is 0 Å². The highest BCUT2D eigenvalue weighted by atomic mass is 16.8. The highest BCUT2D eigenvalue weighted by Gasteiger charge is 2.68. The van der Waals surface area contributed by atoms with Crippen molar-refractivity contribution in [3.63, 3.8) is 0 Å². The second kappa shape index (κ2) is 14.0. The van der Waals surface area contributed by atoms with Crippen LogP contribution in [0.4, 0.5) is 0 Å². The normalized spacial score (nSPS) is 26.5. The van der Waals surface area contributed by atoms with E-state index >= 15 is 0 Å². The van der Waals surface area contributed by atoms with E-state index < -0.39 is 48.2 Å². The molecule has 2 fully saturated rings. The van der Waals surface area contributed by atoms with E-state index in [1.807, 2.05) is 91.0 Å². The molecule has 5 rings (SSSR count). The second-order valence-electron chi connectivity index (χ2n) is 10.4. The summed E-state index contributed by atoms with van der Waals surface area (Å²) in [4.78, 5) is 24.1. The van der Waals surface area contributed by atoms with Gasteiger partial charge in [0.1, 0.15) is 24.9 Å². The van der Waals surface area contributed by atoms with Crippen LogP contribution in [0.15, 0.2) is 91.0 Å². The first-order valence-electron chi connectivity index (χ1n) is 14.0. The van der Waals surface area contributed by atoms with Gasteiger partial charge in [0.15, 0.2) is 18.0 Å². The molecule has 6 atom stereocenters. The minimum absolute atomic E-state index is 0.0367. The van der Waals surface area contributed by atoms with Gasteiger partial charge in [-0.2, -0.15) is 0 Å². The molecule has 2 aliphatic heterocycles. The third-order valence-electron chi connectivity index (χ3n) is 7.25. The van der Waals surface area contributed by atoms with Crippen molar-refractivity contribution in [2.75, 3.05) is 13.2 Å². The van der Waals surface area contributed by atoms with Gasteiger partial charge in [-0.25, -0.2) is 0 Å². The fourth-order valence-corrected chi connectivity index (χ4v) is 5.40. The molecule has 0 aliphatic carbocycles. The lowest BCUT2D eigenvalue weighted by Gasteiger charge is -2.45. The number of ether oxygens (including phenoxy) is 7. The van der Waals surface area contributed by atoms with Crippen LogP contribution in [0.3, 0.4) is 0 Å². The van der Waals surface area contributed by atoms with Crippen molar-refractivity contribution in [2.45, 2.75) is 70.0 Å². The summed E-state index contributed by atoms with van der Waals surface area (Å²) in [6, 6.07) is 29.1. The SMILES string of the molecule is CC(=O)OC[C@H]1O[C@@H]2O[C@@](COCc3ccccc3)([C@H](OCc3ccccc3)[C@H]2OC(C)=O)[C@@H]1OCc1ccccc1. The molecule has 0 amide bonds. The van der Waals surface area contributed by atoms with Crippen LogP contribution in [0.1, 0.15) is 30.5 Å². The molecule has 2 aliphatic rings. The van der Waals surface area contributed by atoms with Gasteiger partial charge in [-0.15, -0.1) is 0 Å². The predicted octanol–water partition coefficient (Wildman–Crippen LogP) is 4.36. The van der Waals surface area contributed by atoms with Crippen LogP contribution < -0.4 is 0 Å². The Bertz CT molecular complexity index is 1290. The molecule has 0 N–H and O–H groups in total. The first kappa shape index (κ1) is 29.9. The van der Waals surface area contributed by atoms with E-state index in [0.29, 0.717) is 6.61 Å². The molecule has 222 valence electrons. The summed E-state index contributed by atoms with van der Waals surface area (Å²) in [5.41, 5.74) is 1.57. The van der Waals surface area contributed by atoms with Crippen molar-refractivity contribution in [3.8, 4) is 0 Å². The maximum absolute atomic E-state index is 12.3. The molecule has 0 spiro atoms. The van der Waals surface area contributed by atoms with Crippen LogP contribution in [-0.4, -0.2) is 61.5 Å². The van der Waals surface area contributed by atoms with Crippen molar-refractivity contribution in [2.24, 2.45) is 0 Å². The average molecular weight is 577 g/mol. The summed E-state index contributed by atoms with van der Waals surface area (Å²) in [7, 11) is 0. The van der Waals surface area contributed by atoms with Gasteiger partial charge in [0.25, 0.3) is 0 Å². The third-order valence-corrected chi connectivity index (χ3v) is 7.25. The number of hydrogen-bond acceptors (Lipinski definition) is 9. The summed E-state index contributed by atoms with van der Waals surface area (Å²) >= 11 is 0. The van der Waals surface area contributed by atoms with Gasteiger partial charge >= 0.3 is 11.9 Å². The highest BCUT2D eigenvalue weighted by molar-refractivity contribution is 5.66. The van der Waals surface area contributed by atoms with Gasteiger partial charge in [0.2, 0.25) is 0 Å². The molecule has 0 saturated carbocycles. The number of fused-ring (bicyclic) bond motifs is 2. The summed E-state index contributed by atoms with van der Waals surface area (Å²) in [5, 5.41) is 0. The molecule has 3 aromatic carbocycles. The largest absolute Gasteiger partial charge is 0.463 e. The van der Waals surface area contributed by atoms with Gasteiger partial charge < -0.3 is 33.2 Å². The van der Waals surface area contributed by atoms with Crippen LogP contribution in [-0.2, 0) is 62.6 Å². The zero-order valence-electron chi connectivity index (χ0n) is 23.8. The molecule has 0 radical (unpaired) electrons. The first-order valence-corrected chi connectivity index (χ1v) is 14.0. The topological polar surface area (TPSA) is 98.8 Å². The van der Waals surface area contributed by atoms with Crippen molar-refractivity contribution in [1.29, 1.82) is 0 Å². The van der Waals surface area contributed by atoms with E-state index in [0.717, 1.165) is 16.7 Å². The fourth-order valence-electron chi connectivity index (χ4n) is 5.40. The molecule has 2 heterocycles. The number of carbonyl (C=O) groups is 2. The van der Waals surface area contributed by atoms with E-state index in [9.17, 15) is 9.59 Å². The lowest BCUT2D eigenvalue weighted by atomic mass is 9.87. The molecule has 42 heavy (non-hydrogen) atoms. The van der Waals surface area contributed by atoms with E-state index in [1.54, 1.807) is 0 Å². The van der Waals surface area contributed by atoms with Gasteiger partial charge in [-0.05, 0) is 16.7 Å². The fraction of sp³-hybridized carbons (Fsp3) is 0.394.